The molecule has 0 aliphatic rings. The van der Waals surface area contributed by atoms with Crippen molar-refractivity contribution in [3.8, 4) is 0 Å². The van der Waals surface area contributed by atoms with Crippen molar-refractivity contribution in [1.29, 1.82) is 5.41 Å². The minimum Gasteiger partial charge on any atom is -0.309 e. The van der Waals surface area contributed by atoms with Gasteiger partial charge in [-0.05, 0) is 0 Å². The van der Waals surface area contributed by atoms with Crippen LogP contribution in [0.2, 0.25) is 0 Å². The number of aryl methyl sites for hydroxylation is 1. The van der Waals surface area contributed by atoms with Gasteiger partial charge < -0.3 is 5.41 Å². The van der Waals surface area contributed by atoms with E-state index in [0.717, 1.165) is 0 Å². The minimum absolute atomic E-state index is 0.668. The summed E-state index contributed by atoms with van der Waals surface area (Å²) in [5, 5.41) is 6.79. The zero-order valence-electron chi connectivity index (χ0n) is 5.41. The van der Waals surface area contributed by atoms with E-state index in [-0.39, 0.29) is 0 Å². The molecule has 0 aromatic carbocycles. The lowest BCUT2D eigenvalue weighted by Gasteiger charge is -1.82. The van der Waals surface area contributed by atoms with Gasteiger partial charge in [-0.1, -0.05) is 0 Å². The van der Waals surface area contributed by atoms with Crippen molar-refractivity contribution in [1.82, 2.24) is 4.57 Å². The largest absolute Gasteiger partial charge is 0.309 e. The average molecular weight is 124 g/mol. The van der Waals surface area contributed by atoms with Crippen molar-refractivity contribution in [3.05, 3.63) is 18.7 Å². The second-order valence-corrected chi connectivity index (χ2v) is 1.98. The summed E-state index contributed by atoms with van der Waals surface area (Å²) in [6.07, 6.45) is 7.19. The summed E-state index contributed by atoms with van der Waals surface area (Å²) in [5.41, 5.74) is 0. The summed E-state index contributed by atoms with van der Waals surface area (Å²) in [4.78, 5) is 0. The number of nitrogens with zero attached hydrogens (tertiary/aromatic N) is 2. The van der Waals surface area contributed by atoms with E-state index >= 15 is 0 Å². The van der Waals surface area contributed by atoms with E-state index in [9.17, 15) is 0 Å². The molecule has 0 atom stereocenters. The van der Waals surface area contributed by atoms with Gasteiger partial charge in [-0.3, -0.25) is 0 Å². The molecule has 1 rings (SSSR count). The van der Waals surface area contributed by atoms with E-state index in [0.29, 0.717) is 6.54 Å². The Bertz CT molecular complexity index is 202. The van der Waals surface area contributed by atoms with Crippen molar-refractivity contribution >= 4 is 6.21 Å². The van der Waals surface area contributed by atoms with Gasteiger partial charge in [0, 0.05) is 6.21 Å². The molecule has 0 aliphatic carbocycles. The van der Waals surface area contributed by atoms with Crippen LogP contribution in [0.3, 0.4) is 0 Å². The van der Waals surface area contributed by atoms with Crippen molar-refractivity contribution in [2.24, 2.45) is 7.05 Å². The molecule has 0 saturated heterocycles. The van der Waals surface area contributed by atoms with Crippen molar-refractivity contribution < 1.29 is 4.57 Å². The van der Waals surface area contributed by atoms with E-state index in [1.807, 2.05) is 34.9 Å². The molecule has 1 N–H and O–H groups in total. The van der Waals surface area contributed by atoms with E-state index in [1.165, 1.54) is 6.21 Å². The van der Waals surface area contributed by atoms with Crippen molar-refractivity contribution in [2.75, 3.05) is 0 Å². The van der Waals surface area contributed by atoms with Crippen LogP contribution in [0.5, 0.6) is 0 Å². The summed E-state index contributed by atoms with van der Waals surface area (Å²) < 4.78 is 3.89. The van der Waals surface area contributed by atoms with Crippen LogP contribution in [0.4, 0.5) is 0 Å². The van der Waals surface area contributed by atoms with E-state index in [4.69, 9.17) is 5.41 Å². The molecule has 48 valence electrons. The van der Waals surface area contributed by atoms with E-state index in [1.54, 1.807) is 0 Å². The topological polar surface area (TPSA) is 32.7 Å². The molecular weight excluding hydrogens is 114 g/mol. The molecule has 1 aromatic heterocycles. The first kappa shape index (κ1) is 6.01. The predicted molar refractivity (Wildman–Crippen MR) is 34.4 cm³/mol. The molecule has 0 unspecified atom stereocenters. The lowest BCUT2D eigenvalue weighted by Crippen LogP contribution is -2.23. The third-order valence-electron chi connectivity index (χ3n) is 1.13. The van der Waals surface area contributed by atoms with Crippen LogP contribution in [0, 0.1) is 5.41 Å². The highest BCUT2D eigenvalue weighted by molar-refractivity contribution is 5.52. The monoisotopic (exact) mass is 124 g/mol. The molecule has 0 amide bonds. The Morgan fingerprint density at radius 3 is 3.00 bits per heavy atom. The van der Waals surface area contributed by atoms with Crippen LogP contribution in [-0.4, -0.2) is 10.8 Å². The third-order valence-corrected chi connectivity index (χ3v) is 1.13. The number of rotatable bonds is 2. The molecule has 3 heteroatoms. The van der Waals surface area contributed by atoms with Crippen molar-refractivity contribution in [3.63, 3.8) is 0 Å². The Hall–Kier alpha value is -1.12. The fourth-order valence-corrected chi connectivity index (χ4v) is 0.715. The minimum atomic E-state index is 0.668. The fourth-order valence-electron chi connectivity index (χ4n) is 0.715. The lowest BCUT2D eigenvalue weighted by atomic mass is 10.7. The van der Waals surface area contributed by atoms with Gasteiger partial charge in [0.25, 0.3) is 0 Å². The highest BCUT2D eigenvalue weighted by Gasteiger charge is 1.94. The van der Waals surface area contributed by atoms with Crippen LogP contribution in [0.15, 0.2) is 18.7 Å². The Labute approximate surface area is 54.1 Å². The molecule has 9 heavy (non-hydrogen) atoms. The molecule has 1 aromatic rings. The summed E-state index contributed by atoms with van der Waals surface area (Å²) in [6.45, 7) is 0.668. The maximum atomic E-state index is 6.79. The first-order valence-electron chi connectivity index (χ1n) is 2.83. The van der Waals surface area contributed by atoms with Gasteiger partial charge in [0.1, 0.15) is 18.9 Å². The van der Waals surface area contributed by atoms with Gasteiger partial charge >= 0.3 is 0 Å². The zero-order chi connectivity index (χ0) is 6.69. The Balaban J connectivity index is 2.72. The molecule has 1 heterocycles. The smallest absolute Gasteiger partial charge is 0.243 e. The van der Waals surface area contributed by atoms with Gasteiger partial charge in [-0.2, -0.15) is 0 Å². The second-order valence-electron chi connectivity index (χ2n) is 1.98. The number of hydrogen-bond acceptors (Lipinski definition) is 1. The number of imidazole rings is 1. The number of nitrogens with one attached hydrogen (secondary N) is 1. The van der Waals surface area contributed by atoms with Crippen LogP contribution in [0.25, 0.3) is 0 Å². The normalized spacial score (nSPS) is 9.44. The Kier molecular flexibility index (Phi) is 1.63. The molecule has 0 spiro atoms. The summed E-state index contributed by atoms with van der Waals surface area (Å²) >= 11 is 0. The Morgan fingerprint density at radius 1 is 1.78 bits per heavy atom. The van der Waals surface area contributed by atoms with Crippen LogP contribution in [0.1, 0.15) is 0 Å². The molecular formula is C6H10N3+. The summed E-state index contributed by atoms with van der Waals surface area (Å²) in [6, 6.07) is 0. The molecule has 0 bridgehead atoms. The molecule has 3 nitrogen and oxygen atoms in total. The first-order valence-corrected chi connectivity index (χ1v) is 2.83. The quantitative estimate of drug-likeness (QED) is 0.424. The average Bonchev–Trinajstić information content (AvgIpc) is 2.17. The maximum Gasteiger partial charge on any atom is 0.243 e. The summed E-state index contributed by atoms with van der Waals surface area (Å²) in [5.74, 6) is 0. The highest BCUT2D eigenvalue weighted by atomic mass is 15.1. The molecule has 0 aliphatic heterocycles. The van der Waals surface area contributed by atoms with Gasteiger partial charge in [-0.25, -0.2) is 9.13 Å². The zero-order valence-corrected chi connectivity index (χ0v) is 5.41. The molecule has 0 saturated carbocycles. The maximum absolute atomic E-state index is 6.79. The fraction of sp³-hybridized carbons (Fsp3) is 0.333. The van der Waals surface area contributed by atoms with E-state index < -0.39 is 0 Å². The molecule has 0 radical (unpaired) electrons. The van der Waals surface area contributed by atoms with Crippen LogP contribution < -0.4 is 4.57 Å². The first-order chi connectivity index (χ1) is 4.33. The van der Waals surface area contributed by atoms with E-state index in [2.05, 4.69) is 0 Å². The third kappa shape index (κ3) is 1.38. The van der Waals surface area contributed by atoms with Gasteiger partial charge in [-0.15, -0.1) is 0 Å². The van der Waals surface area contributed by atoms with Crippen molar-refractivity contribution in [2.45, 2.75) is 6.54 Å². The SMILES string of the molecule is C[n+]1ccn(CC=N)c1. The van der Waals surface area contributed by atoms with Gasteiger partial charge in [0.2, 0.25) is 6.33 Å². The number of hydrogen-bond donors (Lipinski definition) is 1. The number of aromatic nitrogens is 2. The molecule has 0 fully saturated rings. The van der Waals surface area contributed by atoms with Crippen LogP contribution >= 0.6 is 0 Å². The van der Waals surface area contributed by atoms with Gasteiger partial charge in [0.15, 0.2) is 0 Å². The highest BCUT2D eigenvalue weighted by Crippen LogP contribution is 1.78. The lowest BCUT2D eigenvalue weighted by molar-refractivity contribution is -0.671. The van der Waals surface area contributed by atoms with Crippen LogP contribution in [-0.2, 0) is 13.6 Å². The predicted octanol–water partition coefficient (Wildman–Crippen LogP) is -0.0378. The second kappa shape index (κ2) is 2.44. The Morgan fingerprint density at radius 2 is 2.56 bits per heavy atom. The summed E-state index contributed by atoms with van der Waals surface area (Å²) in [7, 11) is 1.96. The standard InChI is InChI=1S/C6H10N3/c1-8-4-5-9(6-8)3-2-7/h2,4-7H,3H2,1H3/q+1. The van der Waals surface area contributed by atoms with Gasteiger partial charge in [0.05, 0.1) is 7.05 Å².